The summed E-state index contributed by atoms with van der Waals surface area (Å²) >= 11 is 5.95. The number of fused-ring (bicyclic) bond motifs is 1. The van der Waals surface area contributed by atoms with Gasteiger partial charge in [0, 0.05) is 29.0 Å². The summed E-state index contributed by atoms with van der Waals surface area (Å²) in [6, 6.07) is 14.9. The van der Waals surface area contributed by atoms with Gasteiger partial charge in [0.25, 0.3) is 0 Å². The van der Waals surface area contributed by atoms with Crippen LogP contribution in [0.4, 0.5) is 0 Å². The molecule has 31 heavy (non-hydrogen) atoms. The van der Waals surface area contributed by atoms with Crippen molar-refractivity contribution >= 4 is 34.3 Å². The number of unbranched alkanes of at least 4 members (excludes halogenated alkanes) is 2. The zero-order valence-electron chi connectivity index (χ0n) is 18.5. The average molecular weight is 440 g/mol. The van der Waals surface area contributed by atoms with Crippen LogP contribution in [-0.4, -0.2) is 27.8 Å². The Morgan fingerprint density at radius 2 is 1.71 bits per heavy atom. The van der Waals surface area contributed by atoms with E-state index in [9.17, 15) is 9.59 Å². The fraction of sp³-hybridized carbons (Fsp3) is 0.400. The van der Waals surface area contributed by atoms with E-state index in [1.54, 1.807) is 24.3 Å². The molecule has 0 aliphatic heterocycles. The van der Waals surface area contributed by atoms with Crippen LogP contribution < -0.4 is 5.32 Å². The molecule has 0 radical (unpaired) electrons. The SMILES string of the molecule is CC(C)(C)C(=O)NCCCCCc1nc2ccccc2n1CC(=O)c1ccc(Cl)cc1. The van der Waals surface area contributed by atoms with Crippen LogP contribution in [-0.2, 0) is 17.8 Å². The highest BCUT2D eigenvalue weighted by Crippen LogP contribution is 2.19. The number of amides is 1. The molecule has 1 amide bonds. The lowest BCUT2D eigenvalue weighted by Crippen LogP contribution is -2.35. The minimum atomic E-state index is -0.360. The third kappa shape index (κ3) is 6.17. The number of imidazole rings is 1. The van der Waals surface area contributed by atoms with Crippen LogP contribution in [0.25, 0.3) is 11.0 Å². The van der Waals surface area contributed by atoms with Crippen molar-refractivity contribution in [2.75, 3.05) is 6.54 Å². The fourth-order valence-corrected chi connectivity index (χ4v) is 3.54. The number of nitrogens with one attached hydrogen (secondary N) is 1. The Labute approximate surface area is 188 Å². The van der Waals surface area contributed by atoms with E-state index in [2.05, 4.69) is 5.32 Å². The van der Waals surface area contributed by atoms with Gasteiger partial charge in [-0.2, -0.15) is 0 Å². The van der Waals surface area contributed by atoms with Gasteiger partial charge in [0.1, 0.15) is 5.82 Å². The zero-order valence-corrected chi connectivity index (χ0v) is 19.2. The van der Waals surface area contributed by atoms with Crippen LogP contribution >= 0.6 is 11.6 Å². The molecular weight excluding hydrogens is 410 g/mol. The van der Waals surface area contributed by atoms with Crippen molar-refractivity contribution in [1.29, 1.82) is 0 Å². The molecule has 0 aliphatic carbocycles. The van der Waals surface area contributed by atoms with Crippen molar-refractivity contribution in [3.8, 4) is 0 Å². The number of ketones is 1. The number of hydrogen-bond donors (Lipinski definition) is 1. The first kappa shape index (κ1) is 23.0. The highest BCUT2D eigenvalue weighted by atomic mass is 35.5. The number of hydrogen-bond acceptors (Lipinski definition) is 3. The number of aromatic nitrogens is 2. The molecule has 1 N–H and O–H groups in total. The highest BCUT2D eigenvalue weighted by Gasteiger charge is 2.20. The molecule has 6 heteroatoms. The second kappa shape index (κ2) is 10.1. The van der Waals surface area contributed by atoms with Gasteiger partial charge in [-0.3, -0.25) is 9.59 Å². The summed E-state index contributed by atoms with van der Waals surface area (Å²) in [5.41, 5.74) is 2.15. The van der Waals surface area contributed by atoms with Gasteiger partial charge in [-0.05, 0) is 49.2 Å². The van der Waals surface area contributed by atoms with Crippen LogP contribution in [0, 0.1) is 5.41 Å². The van der Waals surface area contributed by atoms with Crippen molar-refractivity contribution in [3.63, 3.8) is 0 Å². The van der Waals surface area contributed by atoms with Gasteiger partial charge in [-0.15, -0.1) is 0 Å². The molecule has 0 unspecified atom stereocenters. The fourth-order valence-electron chi connectivity index (χ4n) is 3.42. The van der Waals surface area contributed by atoms with Crippen LogP contribution in [0.1, 0.15) is 56.2 Å². The first-order valence-corrected chi connectivity index (χ1v) is 11.1. The molecule has 0 aliphatic rings. The number of nitrogens with zero attached hydrogens (tertiary/aromatic N) is 2. The van der Waals surface area contributed by atoms with Gasteiger partial charge in [0.05, 0.1) is 17.6 Å². The Morgan fingerprint density at radius 1 is 1.00 bits per heavy atom. The van der Waals surface area contributed by atoms with Crippen LogP contribution in [0.2, 0.25) is 5.02 Å². The van der Waals surface area contributed by atoms with E-state index in [1.807, 2.05) is 49.6 Å². The molecule has 0 spiro atoms. The first-order chi connectivity index (χ1) is 14.8. The molecule has 3 aromatic rings. The van der Waals surface area contributed by atoms with Crippen molar-refractivity contribution in [2.24, 2.45) is 5.41 Å². The van der Waals surface area contributed by atoms with E-state index < -0.39 is 0 Å². The lowest BCUT2D eigenvalue weighted by molar-refractivity contribution is -0.128. The van der Waals surface area contributed by atoms with Gasteiger partial charge in [0.15, 0.2) is 5.78 Å². The maximum atomic E-state index is 12.8. The van der Waals surface area contributed by atoms with Crippen LogP contribution in [0.5, 0.6) is 0 Å². The van der Waals surface area contributed by atoms with Crippen molar-refractivity contribution in [1.82, 2.24) is 14.9 Å². The Bertz CT molecular complexity index is 1050. The Balaban J connectivity index is 1.62. The second-order valence-corrected chi connectivity index (χ2v) is 9.29. The summed E-state index contributed by atoms with van der Waals surface area (Å²) in [6.45, 7) is 6.68. The molecule has 164 valence electrons. The van der Waals surface area contributed by atoms with E-state index in [0.29, 0.717) is 17.1 Å². The molecule has 3 rings (SSSR count). The van der Waals surface area contributed by atoms with Gasteiger partial charge < -0.3 is 9.88 Å². The van der Waals surface area contributed by atoms with E-state index in [0.717, 1.165) is 42.5 Å². The summed E-state index contributed by atoms with van der Waals surface area (Å²) < 4.78 is 2.02. The minimum Gasteiger partial charge on any atom is -0.356 e. The predicted molar refractivity (Wildman–Crippen MR) is 126 cm³/mol. The molecular formula is C25H30ClN3O2. The molecule has 2 aromatic carbocycles. The Hall–Kier alpha value is -2.66. The molecule has 0 saturated carbocycles. The third-order valence-electron chi connectivity index (χ3n) is 5.25. The molecule has 0 saturated heterocycles. The lowest BCUT2D eigenvalue weighted by Gasteiger charge is -2.17. The summed E-state index contributed by atoms with van der Waals surface area (Å²) in [5.74, 6) is 1.03. The molecule has 0 atom stereocenters. The molecule has 0 fully saturated rings. The molecule has 1 heterocycles. The number of Topliss-reactive ketones (excluding diaryl/α,β-unsaturated/α-hetero) is 1. The highest BCUT2D eigenvalue weighted by molar-refractivity contribution is 6.30. The number of para-hydroxylation sites is 2. The van der Waals surface area contributed by atoms with E-state index >= 15 is 0 Å². The number of halogens is 1. The summed E-state index contributed by atoms with van der Waals surface area (Å²) in [6.07, 6.45) is 3.64. The standard InChI is InChI=1S/C25H30ClN3O2/c1-25(2,3)24(31)27-16-8-4-5-11-23-28-20-9-6-7-10-21(20)29(23)17-22(30)18-12-14-19(26)15-13-18/h6-7,9-10,12-15H,4-5,8,11,16-17H2,1-3H3,(H,27,31). The van der Waals surface area contributed by atoms with Crippen LogP contribution in [0.15, 0.2) is 48.5 Å². The number of rotatable bonds is 9. The summed E-state index contributed by atoms with van der Waals surface area (Å²) in [4.78, 5) is 29.6. The van der Waals surface area contributed by atoms with Crippen LogP contribution in [0.3, 0.4) is 0 Å². The Morgan fingerprint density at radius 3 is 2.42 bits per heavy atom. The topological polar surface area (TPSA) is 64.0 Å². The van der Waals surface area contributed by atoms with Gasteiger partial charge in [-0.25, -0.2) is 4.98 Å². The molecule has 1 aromatic heterocycles. The Kier molecular flexibility index (Phi) is 7.50. The normalized spacial score (nSPS) is 11.6. The smallest absolute Gasteiger partial charge is 0.225 e. The number of carbonyl (C=O) groups excluding carboxylic acids is 2. The average Bonchev–Trinajstić information content (AvgIpc) is 3.07. The van der Waals surface area contributed by atoms with E-state index in [-0.39, 0.29) is 23.7 Å². The van der Waals surface area contributed by atoms with Crippen molar-refractivity contribution < 1.29 is 9.59 Å². The third-order valence-corrected chi connectivity index (χ3v) is 5.50. The van der Waals surface area contributed by atoms with Crippen molar-refractivity contribution in [3.05, 3.63) is 64.9 Å². The largest absolute Gasteiger partial charge is 0.356 e. The number of carbonyl (C=O) groups is 2. The van der Waals surface area contributed by atoms with E-state index in [1.165, 1.54) is 0 Å². The first-order valence-electron chi connectivity index (χ1n) is 10.8. The lowest BCUT2D eigenvalue weighted by atomic mass is 9.96. The molecule has 0 bridgehead atoms. The maximum absolute atomic E-state index is 12.8. The van der Waals surface area contributed by atoms with Gasteiger partial charge in [-0.1, -0.05) is 50.9 Å². The second-order valence-electron chi connectivity index (χ2n) is 8.85. The quantitative estimate of drug-likeness (QED) is 0.356. The predicted octanol–water partition coefficient (Wildman–Crippen LogP) is 5.45. The monoisotopic (exact) mass is 439 g/mol. The van der Waals surface area contributed by atoms with Crippen molar-refractivity contribution in [2.45, 2.75) is 53.0 Å². The molecule has 5 nitrogen and oxygen atoms in total. The maximum Gasteiger partial charge on any atom is 0.225 e. The summed E-state index contributed by atoms with van der Waals surface area (Å²) in [7, 11) is 0. The number of benzene rings is 2. The van der Waals surface area contributed by atoms with Gasteiger partial charge in [0.2, 0.25) is 5.91 Å². The summed E-state index contributed by atoms with van der Waals surface area (Å²) in [5, 5.41) is 3.60. The minimum absolute atomic E-state index is 0.0333. The van der Waals surface area contributed by atoms with E-state index in [4.69, 9.17) is 16.6 Å². The zero-order chi connectivity index (χ0) is 22.4. The number of aryl methyl sites for hydroxylation is 1. The van der Waals surface area contributed by atoms with Gasteiger partial charge >= 0.3 is 0 Å².